The Labute approximate surface area is 234 Å². The number of aromatic nitrogens is 1. The number of benzene rings is 1. The lowest BCUT2D eigenvalue weighted by Gasteiger charge is -2.38. The lowest BCUT2D eigenvalue weighted by atomic mass is 10.0. The number of thiocarbonyl (C=S) groups is 1. The van der Waals surface area contributed by atoms with Crippen LogP contribution in [-0.2, 0) is 11.8 Å². The third-order valence-corrected chi connectivity index (χ3v) is 8.68. The first kappa shape index (κ1) is 27.9. The van der Waals surface area contributed by atoms with Crippen molar-refractivity contribution in [3.63, 3.8) is 0 Å². The first-order valence-electron chi connectivity index (χ1n) is 13.3. The van der Waals surface area contributed by atoms with E-state index >= 15 is 0 Å². The largest absolute Gasteiger partial charge is 0.368 e. The molecule has 0 radical (unpaired) electrons. The van der Waals surface area contributed by atoms with Crippen LogP contribution in [0.3, 0.4) is 0 Å². The van der Waals surface area contributed by atoms with Gasteiger partial charge in [-0.05, 0) is 37.1 Å². The van der Waals surface area contributed by atoms with E-state index < -0.39 is 0 Å². The van der Waals surface area contributed by atoms with E-state index in [4.69, 9.17) is 12.2 Å². The molecule has 2 aromatic rings. The van der Waals surface area contributed by atoms with E-state index in [2.05, 4.69) is 34.9 Å². The molecule has 2 aliphatic rings. The summed E-state index contributed by atoms with van der Waals surface area (Å²) < 4.78 is 2.13. The SMILES string of the molecule is CCCCCCCN1C(=O)C(=Cc2c(C)c(C#N)c(=O)n(C)c2N2CCN(c3ccccc3)CC2)SC1=S. The maximum Gasteiger partial charge on any atom is 0.270 e. The van der Waals surface area contributed by atoms with Gasteiger partial charge in [0.2, 0.25) is 0 Å². The number of piperazine rings is 1. The topological polar surface area (TPSA) is 72.6 Å². The number of pyridine rings is 1. The molecule has 0 unspecified atom stereocenters. The second kappa shape index (κ2) is 12.6. The van der Waals surface area contributed by atoms with Gasteiger partial charge in [0.15, 0.2) is 0 Å². The Morgan fingerprint density at radius 3 is 2.34 bits per heavy atom. The standard InChI is InChI=1S/C29H35N5O2S2/c1-4-5-6-7-11-14-34-28(36)25(38-29(34)37)19-23-21(2)24(20-30)27(35)31(3)26(23)33-17-15-32(16-18-33)22-12-9-8-10-13-22/h8-10,12-13,19H,4-7,11,14-18H2,1-3H3. The van der Waals surface area contributed by atoms with Crippen molar-refractivity contribution in [3.05, 3.63) is 62.3 Å². The molecular formula is C29H35N5O2S2. The maximum absolute atomic E-state index is 13.3. The number of anilines is 2. The van der Waals surface area contributed by atoms with Crippen molar-refractivity contribution < 1.29 is 4.79 Å². The van der Waals surface area contributed by atoms with Crippen molar-refractivity contribution in [3.8, 4) is 6.07 Å². The zero-order chi connectivity index (χ0) is 27.2. The Balaban J connectivity index is 1.63. The molecule has 0 aliphatic carbocycles. The van der Waals surface area contributed by atoms with Gasteiger partial charge in [-0.1, -0.05) is 74.8 Å². The number of hydrogen-bond acceptors (Lipinski definition) is 7. The summed E-state index contributed by atoms with van der Waals surface area (Å²) >= 11 is 6.86. The Bertz CT molecular complexity index is 1320. The van der Waals surface area contributed by atoms with Gasteiger partial charge in [-0.2, -0.15) is 5.26 Å². The summed E-state index contributed by atoms with van der Waals surface area (Å²) in [5.41, 5.74) is 2.30. The number of rotatable bonds is 9. The van der Waals surface area contributed by atoms with Crippen molar-refractivity contribution in [1.29, 1.82) is 5.26 Å². The van der Waals surface area contributed by atoms with Crippen LogP contribution in [0.1, 0.15) is 55.7 Å². The van der Waals surface area contributed by atoms with Crippen molar-refractivity contribution >= 4 is 51.8 Å². The van der Waals surface area contributed by atoms with Crippen LogP contribution in [0, 0.1) is 18.3 Å². The molecule has 3 heterocycles. The van der Waals surface area contributed by atoms with Crippen LogP contribution in [0.15, 0.2) is 40.0 Å². The second-order valence-electron chi connectivity index (χ2n) is 9.77. The Morgan fingerprint density at radius 1 is 1.03 bits per heavy atom. The van der Waals surface area contributed by atoms with E-state index in [1.54, 1.807) is 23.4 Å². The zero-order valence-corrected chi connectivity index (χ0v) is 24.0. The molecule has 2 saturated heterocycles. The minimum atomic E-state index is -0.317. The number of carbonyl (C=O) groups is 1. The van der Waals surface area contributed by atoms with E-state index in [9.17, 15) is 14.9 Å². The average molecular weight is 550 g/mol. The van der Waals surface area contributed by atoms with Gasteiger partial charge in [0.1, 0.15) is 21.8 Å². The lowest BCUT2D eigenvalue weighted by molar-refractivity contribution is -0.122. The minimum Gasteiger partial charge on any atom is -0.368 e. The van der Waals surface area contributed by atoms with Crippen LogP contribution in [0.25, 0.3) is 6.08 Å². The summed E-state index contributed by atoms with van der Waals surface area (Å²) in [7, 11) is 1.71. The molecule has 0 atom stereocenters. The summed E-state index contributed by atoms with van der Waals surface area (Å²) in [5, 5.41) is 9.76. The number of amides is 1. The highest BCUT2D eigenvalue weighted by atomic mass is 32.2. The lowest BCUT2D eigenvalue weighted by Crippen LogP contribution is -2.48. The van der Waals surface area contributed by atoms with Crippen LogP contribution in [0.5, 0.6) is 0 Å². The average Bonchev–Trinajstić information content (AvgIpc) is 3.20. The predicted octanol–water partition coefficient (Wildman–Crippen LogP) is 5.06. The van der Waals surface area contributed by atoms with Crippen LogP contribution in [0.2, 0.25) is 0 Å². The molecule has 2 fully saturated rings. The van der Waals surface area contributed by atoms with Gasteiger partial charge in [-0.25, -0.2) is 0 Å². The summed E-state index contributed by atoms with van der Waals surface area (Å²) in [6.07, 6.45) is 7.38. The quantitative estimate of drug-likeness (QED) is 0.246. The summed E-state index contributed by atoms with van der Waals surface area (Å²) in [5.74, 6) is 0.645. The predicted molar refractivity (Wildman–Crippen MR) is 161 cm³/mol. The van der Waals surface area contributed by atoms with Gasteiger partial charge in [-0.3, -0.25) is 19.1 Å². The van der Waals surface area contributed by atoms with Crippen molar-refractivity contribution in [2.45, 2.75) is 46.0 Å². The summed E-state index contributed by atoms with van der Waals surface area (Å²) in [6, 6.07) is 12.4. The highest BCUT2D eigenvalue weighted by Gasteiger charge is 2.33. The molecule has 38 heavy (non-hydrogen) atoms. The normalized spacial score (nSPS) is 17.0. The Kier molecular flexibility index (Phi) is 9.29. The number of thioether (sulfide) groups is 1. The first-order chi connectivity index (χ1) is 18.4. The van der Waals surface area contributed by atoms with Gasteiger partial charge in [-0.15, -0.1) is 0 Å². The number of para-hydroxylation sites is 1. The minimum absolute atomic E-state index is 0.0953. The number of nitriles is 1. The molecule has 1 amide bonds. The van der Waals surface area contributed by atoms with Crippen LogP contribution < -0.4 is 15.4 Å². The molecule has 200 valence electrons. The molecule has 9 heteroatoms. The maximum atomic E-state index is 13.3. The van der Waals surface area contributed by atoms with Gasteiger partial charge in [0.25, 0.3) is 11.5 Å². The number of unbranched alkanes of at least 4 members (excludes halogenated alkanes) is 4. The molecule has 0 N–H and O–H groups in total. The monoisotopic (exact) mass is 549 g/mol. The molecule has 0 spiro atoms. The molecule has 0 bridgehead atoms. The molecule has 0 saturated carbocycles. The molecular weight excluding hydrogens is 514 g/mol. The van der Waals surface area contributed by atoms with Crippen LogP contribution in [0.4, 0.5) is 11.5 Å². The van der Waals surface area contributed by atoms with Crippen molar-refractivity contribution in [2.24, 2.45) is 7.05 Å². The highest BCUT2D eigenvalue weighted by Crippen LogP contribution is 2.36. The smallest absolute Gasteiger partial charge is 0.270 e. The van der Waals surface area contributed by atoms with E-state index in [-0.39, 0.29) is 17.0 Å². The Morgan fingerprint density at radius 2 is 1.68 bits per heavy atom. The van der Waals surface area contributed by atoms with E-state index in [0.29, 0.717) is 34.4 Å². The summed E-state index contributed by atoms with van der Waals surface area (Å²) in [4.78, 5) is 33.2. The number of nitrogens with zero attached hydrogens (tertiary/aromatic N) is 5. The van der Waals surface area contributed by atoms with Crippen molar-refractivity contribution in [1.82, 2.24) is 9.47 Å². The van der Waals surface area contributed by atoms with E-state index in [1.165, 1.54) is 30.3 Å². The van der Waals surface area contributed by atoms with Crippen LogP contribution in [-0.4, -0.2) is 52.4 Å². The third-order valence-electron chi connectivity index (χ3n) is 7.30. The summed E-state index contributed by atoms with van der Waals surface area (Å²) in [6.45, 7) is 7.64. The fraction of sp³-hybridized carbons (Fsp3) is 0.448. The number of carbonyl (C=O) groups excluding carboxylic acids is 1. The molecule has 7 nitrogen and oxygen atoms in total. The molecule has 2 aliphatic heterocycles. The third kappa shape index (κ3) is 5.82. The molecule has 4 rings (SSSR count). The van der Waals surface area contributed by atoms with Crippen molar-refractivity contribution in [2.75, 3.05) is 42.5 Å². The van der Waals surface area contributed by atoms with Gasteiger partial charge < -0.3 is 9.80 Å². The van der Waals surface area contributed by atoms with Gasteiger partial charge in [0, 0.05) is 51.0 Å². The van der Waals surface area contributed by atoms with Gasteiger partial charge >= 0.3 is 0 Å². The highest BCUT2D eigenvalue weighted by molar-refractivity contribution is 8.26. The molecule has 1 aromatic carbocycles. The zero-order valence-electron chi connectivity index (χ0n) is 22.4. The fourth-order valence-electron chi connectivity index (χ4n) is 5.11. The first-order valence-corrected chi connectivity index (χ1v) is 14.5. The van der Waals surface area contributed by atoms with Gasteiger partial charge in [0.05, 0.1) is 4.91 Å². The second-order valence-corrected chi connectivity index (χ2v) is 11.4. The van der Waals surface area contributed by atoms with Crippen LogP contribution >= 0.6 is 24.0 Å². The molecule has 1 aromatic heterocycles. The van der Waals surface area contributed by atoms with E-state index in [0.717, 1.165) is 43.7 Å². The fourth-order valence-corrected chi connectivity index (χ4v) is 6.40. The van der Waals surface area contributed by atoms with E-state index in [1.807, 2.05) is 24.3 Å². The Hall–Kier alpha value is -3.09. The number of hydrogen-bond donors (Lipinski definition) is 0.